The number of carbonyl (C=O) groups is 3. The molecule has 13 heteroatoms. The fourth-order valence-corrected chi connectivity index (χ4v) is 6.02. The highest BCUT2D eigenvalue weighted by molar-refractivity contribution is 7.92. The molecule has 2 aliphatic rings. The quantitative estimate of drug-likeness (QED) is 0.175. The number of carbonyl (C=O) groups excluding carboxylic acids is 3. The van der Waals surface area contributed by atoms with E-state index >= 15 is 0 Å². The molecule has 0 radical (unpaired) electrons. The van der Waals surface area contributed by atoms with Gasteiger partial charge in [-0.2, -0.15) is 0 Å². The number of ether oxygens (including phenoxy) is 2. The first-order valence-corrected chi connectivity index (χ1v) is 12.4. The van der Waals surface area contributed by atoms with Crippen molar-refractivity contribution in [2.45, 2.75) is 24.1 Å². The molecule has 3 atom stereocenters. The molecule has 12 nitrogen and oxygen atoms in total. The zero-order valence-electron chi connectivity index (χ0n) is 18.7. The van der Waals surface area contributed by atoms with E-state index in [1.165, 1.54) is 24.3 Å². The van der Waals surface area contributed by atoms with Gasteiger partial charge in [0.1, 0.15) is 18.4 Å². The summed E-state index contributed by atoms with van der Waals surface area (Å²) in [5.41, 5.74) is 0.288. The van der Waals surface area contributed by atoms with Crippen molar-refractivity contribution in [3.05, 3.63) is 82.4 Å². The number of non-ortho nitro benzene ring substituents is 1. The van der Waals surface area contributed by atoms with Crippen LogP contribution in [-0.2, 0) is 35.6 Å². The van der Waals surface area contributed by atoms with Gasteiger partial charge >= 0.3 is 5.97 Å². The molecule has 0 bridgehead atoms. The lowest BCUT2D eigenvalue weighted by molar-refractivity contribution is -0.384. The van der Waals surface area contributed by atoms with Gasteiger partial charge in [-0.1, -0.05) is 24.8 Å². The first-order valence-electron chi connectivity index (χ1n) is 10.7. The largest absolute Gasteiger partial charge is 0.484 e. The Labute approximate surface area is 205 Å². The normalized spacial score (nSPS) is 22.1. The van der Waals surface area contributed by atoms with Crippen molar-refractivity contribution >= 4 is 33.3 Å². The number of rotatable bonds is 8. The number of amides is 2. The van der Waals surface area contributed by atoms with Crippen LogP contribution in [0.3, 0.4) is 0 Å². The molecule has 188 valence electrons. The zero-order chi connectivity index (χ0) is 26.0. The maximum absolute atomic E-state index is 12.8. The molecule has 0 aromatic heterocycles. The van der Waals surface area contributed by atoms with Crippen LogP contribution in [-0.4, -0.2) is 65.8 Å². The number of nitro groups is 1. The van der Waals surface area contributed by atoms with E-state index in [4.69, 9.17) is 9.47 Å². The number of nitrogens with one attached hydrogen (secondary N) is 1. The lowest BCUT2D eigenvalue weighted by Crippen LogP contribution is -2.78. The molecule has 4 rings (SSSR count). The summed E-state index contributed by atoms with van der Waals surface area (Å²) in [6.45, 7) is 2.95. The molecule has 2 aromatic carbocycles. The van der Waals surface area contributed by atoms with Crippen molar-refractivity contribution in [1.29, 1.82) is 0 Å². The minimum absolute atomic E-state index is 0.0366. The van der Waals surface area contributed by atoms with Crippen LogP contribution in [0, 0.1) is 10.1 Å². The second kappa shape index (κ2) is 9.77. The van der Waals surface area contributed by atoms with Crippen LogP contribution in [0.4, 0.5) is 5.69 Å². The van der Waals surface area contributed by atoms with Gasteiger partial charge in [0.05, 0.1) is 10.7 Å². The number of hydrogen-bond donors (Lipinski definition) is 1. The second-order valence-corrected chi connectivity index (χ2v) is 10.3. The van der Waals surface area contributed by atoms with Crippen molar-refractivity contribution < 1.29 is 37.2 Å². The summed E-state index contributed by atoms with van der Waals surface area (Å²) in [5, 5.41) is 11.7. The predicted octanol–water partition coefficient (Wildman–Crippen LogP) is 0.723. The predicted molar refractivity (Wildman–Crippen MR) is 124 cm³/mol. The number of hydrogen-bond acceptors (Lipinski definition) is 9. The van der Waals surface area contributed by atoms with Crippen LogP contribution in [0.25, 0.3) is 0 Å². The van der Waals surface area contributed by atoms with E-state index in [9.17, 15) is 32.9 Å². The Morgan fingerprint density at radius 2 is 1.81 bits per heavy atom. The molecule has 2 saturated heterocycles. The van der Waals surface area contributed by atoms with Gasteiger partial charge < -0.3 is 19.7 Å². The summed E-state index contributed by atoms with van der Waals surface area (Å²) in [6.07, 6.45) is 0. The van der Waals surface area contributed by atoms with E-state index in [-0.39, 0.29) is 17.9 Å². The summed E-state index contributed by atoms with van der Waals surface area (Å²) in [7, 11) is -3.94. The van der Waals surface area contributed by atoms with Gasteiger partial charge in [-0.3, -0.25) is 19.7 Å². The average Bonchev–Trinajstić information content (AvgIpc) is 2.84. The Kier molecular flexibility index (Phi) is 6.75. The minimum Gasteiger partial charge on any atom is -0.484 e. The first kappa shape index (κ1) is 24.9. The third kappa shape index (κ3) is 4.91. The fourth-order valence-electron chi connectivity index (χ4n) is 4.00. The SMILES string of the molecule is C=C1CS(=O)(=O)[C@@H]2C(NC(=O)COc3ccccc3)C(=O)N2C1C(=O)OCc1ccc([N+](=O)[O-])cc1. The van der Waals surface area contributed by atoms with Crippen LogP contribution in [0.2, 0.25) is 0 Å². The fraction of sp³-hybridized carbons (Fsp3) is 0.261. The van der Waals surface area contributed by atoms with E-state index in [1.54, 1.807) is 30.3 Å². The van der Waals surface area contributed by atoms with Crippen molar-refractivity contribution in [2.24, 2.45) is 0 Å². The molecule has 0 aliphatic carbocycles. The van der Waals surface area contributed by atoms with E-state index in [0.717, 1.165) is 4.90 Å². The summed E-state index contributed by atoms with van der Waals surface area (Å²) in [5.74, 6) is -2.51. The van der Waals surface area contributed by atoms with E-state index < -0.39 is 62.4 Å². The van der Waals surface area contributed by atoms with E-state index in [1.807, 2.05) is 0 Å². The maximum atomic E-state index is 12.8. The highest BCUT2D eigenvalue weighted by Gasteiger charge is 2.62. The molecule has 0 saturated carbocycles. The highest BCUT2D eigenvalue weighted by atomic mass is 32.2. The summed E-state index contributed by atoms with van der Waals surface area (Å²) in [4.78, 5) is 49.0. The van der Waals surface area contributed by atoms with Crippen LogP contribution in [0.15, 0.2) is 66.7 Å². The van der Waals surface area contributed by atoms with Crippen molar-refractivity contribution in [3.63, 3.8) is 0 Å². The van der Waals surface area contributed by atoms with E-state index in [2.05, 4.69) is 11.9 Å². The monoisotopic (exact) mass is 515 g/mol. The Morgan fingerprint density at radius 3 is 2.44 bits per heavy atom. The number of nitrogens with zero attached hydrogens (tertiary/aromatic N) is 2. The van der Waals surface area contributed by atoms with Crippen molar-refractivity contribution in [1.82, 2.24) is 10.2 Å². The Balaban J connectivity index is 1.41. The number of para-hydroxylation sites is 1. The minimum atomic E-state index is -3.94. The molecule has 2 aromatic rings. The molecule has 1 N–H and O–H groups in total. The smallest absolute Gasteiger partial charge is 0.333 e. The van der Waals surface area contributed by atoms with Crippen LogP contribution >= 0.6 is 0 Å². The molecular formula is C23H21N3O9S. The Morgan fingerprint density at radius 1 is 1.14 bits per heavy atom. The molecule has 2 unspecified atom stereocenters. The maximum Gasteiger partial charge on any atom is 0.333 e. The van der Waals surface area contributed by atoms with Crippen LogP contribution < -0.4 is 10.1 Å². The Hall–Kier alpha value is -4.26. The molecule has 2 aliphatic heterocycles. The number of benzene rings is 2. The van der Waals surface area contributed by atoms with Crippen molar-refractivity contribution in [3.8, 4) is 5.75 Å². The topological polar surface area (TPSA) is 162 Å². The second-order valence-electron chi connectivity index (χ2n) is 8.18. The van der Waals surface area contributed by atoms with Crippen LogP contribution in [0.1, 0.15) is 5.56 Å². The van der Waals surface area contributed by atoms with Gasteiger partial charge in [0.2, 0.25) is 0 Å². The lowest BCUT2D eigenvalue weighted by Gasteiger charge is -2.52. The van der Waals surface area contributed by atoms with Crippen molar-refractivity contribution in [2.75, 3.05) is 12.4 Å². The van der Waals surface area contributed by atoms with Gasteiger partial charge in [0.25, 0.3) is 17.5 Å². The van der Waals surface area contributed by atoms with Crippen LogP contribution in [0.5, 0.6) is 5.75 Å². The Bertz CT molecular complexity index is 1330. The highest BCUT2D eigenvalue weighted by Crippen LogP contribution is 2.36. The molecular weight excluding hydrogens is 494 g/mol. The molecule has 2 heterocycles. The molecule has 2 fully saturated rings. The number of sulfone groups is 1. The third-order valence-electron chi connectivity index (χ3n) is 5.68. The first-order chi connectivity index (χ1) is 17.1. The standard InChI is InChI=1S/C23H21N3O9S/c1-14-13-36(32,33)22-19(24-18(27)12-34-17-5-3-2-4-6-17)21(28)25(22)20(14)23(29)35-11-15-7-9-16(10-8-15)26(30)31/h2-10,19-20,22H,1,11-13H2,(H,24,27)/t19?,20?,22-/m1/s1. The molecule has 36 heavy (non-hydrogen) atoms. The zero-order valence-corrected chi connectivity index (χ0v) is 19.6. The molecule has 0 spiro atoms. The van der Waals surface area contributed by atoms with E-state index in [0.29, 0.717) is 11.3 Å². The average molecular weight is 516 g/mol. The number of β-lactam (4-membered cyclic amide) rings is 1. The number of nitro benzene ring substituents is 1. The summed E-state index contributed by atoms with van der Waals surface area (Å²) in [6, 6.07) is 11.0. The van der Waals surface area contributed by atoms with Gasteiger partial charge in [-0.25, -0.2) is 13.2 Å². The van der Waals surface area contributed by atoms with Gasteiger partial charge in [0, 0.05) is 12.1 Å². The number of esters is 1. The van der Waals surface area contributed by atoms with Gasteiger partial charge in [-0.15, -0.1) is 0 Å². The van der Waals surface area contributed by atoms with Gasteiger partial charge in [-0.05, 0) is 35.4 Å². The summed E-state index contributed by atoms with van der Waals surface area (Å²) >= 11 is 0. The van der Waals surface area contributed by atoms with Gasteiger partial charge in [0.15, 0.2) is 27.9 Å². The summed E-state index contributed by atoms with van der Waals surface area (Å²) < 4.78 is 36.1. The number of fused-ring (bicyclic) bond motifs is 1. The third-order valence-corrected chi connectivity index (χ3v) is 7.69. The molecule has 2 amide bonds. The lowest BCUT2D eigenvalue weighted by atomic mass is 9.98.